The van der Waals surface area contributed by atoms with E-state index in [1.807, 2.05) is 13.2 Å². The molecule has 0 saturated carbocycles. The summed E-state index contributed by atoms with van der Waals surface area (Å²) in [6, 6.07) is 8.57. The van der Waals surface area contributed by atoms with Gasteiger partial charge in [0.25, 0.3) is 0 Å². The molecule has 0 spiro atoms. The molecule has 4 heteroatoms. The molecule has 0 amide bonds. The van der Waals surface area contributed by atoms with Gasteiger partial charge in [-0.2, -0.15) is 0 Å². The van der Waals surface area contributed by atoms with Crippen molar-refractivity contribution in [1.82, 2.24) is 15.3 Å². The zero-order valence-electron chi connectivity index (χ0n) is 12.3. The fraction of sp³-hybridized carbons (Fsp3) is 0.438. The molecule has 0 radical (unpaired) electrons. The minimum Gasteiger partial charge on any atom is -0.384 e. The average Bonchev–Trinajstić information content (AvgIpc) is 2.95. The number of H-pyrrole nitrogens is 1. The van der Waals surface area contributed by atoms with Gasteiger partial charge in [-0.3, -0.25) is 0 Å². The Hall–Kier alpha value is -1.65. The number of aromatic amines is 1. The van der Waals surface area contributed by atoms with Crippen molar-refractivity contribution < 1.29 is 4.74 Å². The fourth-order valence-corrected chi connectivity index (χ4v) is 2.14. The number of ether oxygens (including phenoxy) is 1. The van der Waals surface area contributed by atoms with Crippen LogP contribution >= 0.6 is 0 Å². The lowest BCUT2D eigenvalue weighted by molar-refractivity contribution is 0.202. The summed E-state index contributed by atoms with van der Waals surface area (Å²) in [7, 11) is 3.70. The Morgan fingerprint density at radius 2 is 2.00 bits per heavy atom. The third-order valence-electron chi connectivity index (χ3n) is 3.33. The number of nitrogens with zero attached hydrogens (tertiary/aromatic N) is 1. The lowest BCUT2D eigenvalue weighted by Crippen LogP contribution is -2.08. The standard InChI is InChI=1S/C16H23N3O/c1-17-10-3-4-16-18-12-15(19-16)14-7-5-13(6-8-14)9-11-20-2/h5-8,12,17H,3-4,9-11H2,1-2H3,(H,18,19). The molecule has 0 bridgehead atoms. The lowest BCUT2D eigenvalue weighted by atomic mass is 10.1. The van der Waals surface area contributed by atoms with E-state index in [-0.39, 0.29) is 0 Å². The van der Waals surface area contributed by atoms with Crippen LogP contribution in [-0.4, -0.2) is 37.3 Å². The molecule has 2 rings (SSSR count). The summed E-state index contributed by atoms with van der Waals surface area (Å²) in [5.41, 5.74) is 3.56. The maximum Gasteiger partial charge on any atom is 0.106 e. The summed E-state index contributed by atoms with van der Waals surface area (Å²) in [4.78, 5) is 7.82. The predicted octanol–water partition coefficient (Wildman–Crippen LogP) is 2.42. The number of hydrogen-bond acceptors (Lipinski definition) is 3. The van der Waals surface area contributed by atoms with E-state index in [2.05, 4.69) is 39.6 Å². The summed E-state index contributed by atoms with van der Waals surface area (Å²) in [5, 5.41) is 3.15. The molecule has 0 aliphatic heterocycles. The average molecular weight is 273 g/mol. The molecule has 108 valence electrons. The Morgan fingerprint density at radius 1 is 1.20 bits per heavy atom. The summed E-state index contributed by atoms with van der Waals surface area (Å²) in [6.07, 6.45) is 4.94. The molecule has 0 unspecified atom stereocenters. The van der Waals surface area contributed by atoms with E-state index in [1.165, 1.54) is 11.1 Å². The first-order valence-corrected chi connectivity index (χ1v) is 7.10. The van der Waals surface area contributed by atoms with Crippen LogP contribution < -0.4 is 5.32 Å². The third kappa shape index (κ3) is 4.18. The largest absolute Gasteiger partial charge is 0.384 e. The molecule has 4 nitrogen and oxygen atoms in total. The molecule has 1 aromatic carbocycles. The van der Waals surface area contributed by atoms with Crippen LogP contribution in [0.25, 0.3) is 11.3 Å². The molecule has 0 fully saturated rings. The van der Waals surface area contributed by atoms with Gasteiger partial charge in [0.1, 0.15) is 5.82 Å². The third-order valence-corrected chi connectivity index (χ3v) is 3.33. The van der Waals surface area contributed by atoms with Crippen molar-refractivity contribution in [3.63, 3.8) is 0 Å². The first kappa shape index (κ1) is 14.8. The molecule has 0 saturated heterocycles. The molecule has 1 aromatic heterocycles. The smallest absolute Gasteiger partial charge is 0.106 e. The molecule has 2 aromatic rings. The van der Waals surface area contributed by atoms with Crippen molar-refractivity contribution in [2.75, 3.05) is 27.3 Å². The minimum atomic E-state index is 0.763. The van der Waals surface area contributed by atoms with Crippen LogP contribution in [0.1, 0.15) is 17.8 Å². The van der Waals surface area contributed by atoms with Crippen LogP contribution in [0.2, 0.25) is 0 Å². The quantitative estimate of drug-likeness (QED) is 0.726. The van der Waals surface area contributed by atoms with Gasteiger partial charge in [0.05, 0.1) is 18.5 Å². The maximum absolute atomic E-state index is 5.09. The highest BCUT2D eigenvalue weighted by Gasteiger charge is 2.03. The Morgan fingerprint density at radius 3 is 2.70 bits per heavy atom. The summed E-state index contributed by atoms with van der Waals surface area (Å²) in [6.45, 7) is 1.78. The predicted molar refractivity (Wildman–Crippen MR) is 81.9 cm³/mol. The molecule has 2 N–H and O–H groups in total. The van der Waals surface area contributed by atoms with Gasteiger partial charge in [0, 0.05) is 13.5 Å². The van der Waals surface area contributed by atoms with E-state index >= 15 is 0 Å². The number of benzene rings is 1. The van der Waals surface area contributed by atoms with E-state index in [9.17, 15) is 0 Å². The number of imidazole rings is 1. The maximum atomic E-state index is 5.09. The minimum absolute atomic E-state index is 0.763. The zero-order valence-corrected chi connectivity index (χ0v) is 12.3. The van der Waals surface area contributed by atoms with Gasteiger partial charge < -0.3 is 15.0 Å². The highest BCUT2D eigenvalue weighted by atomic mass is 16.5. The van der Waals surface area contributed by atoms with Gasteiger partial charge in [-0.1, -0.05) is 24.3 Å². The van der Waals surface area contributed by atoms with Crippen molar-refractivity contribution >= 4 is 0 Å². The van der Waals surface area contributed by atoms with Crippen LogP contribution in [0, 0.1) is 0 Å². The normalized spacial score (nSPS) is 10.9. The second-order valence-corrected chi connectivity index (χ2v) is 4.89. The van der Waals surface area contributed by atoms with Crippen LogP contribution in [-0.2, 0) is 17.6 Å². The van der Waals surface area contributed by atoms with Gasteiger partial charge in [-0.15, -0.1) is 0 Å². The molecular formula is C16H23N3O. The highest BCUT2D eigenvalue weighted by Crippen LogP contribution is 2.18. The van der Waals surface area contributed by atoms with E-state index in [1.54, 1.807) is 7.11 Å². The molecule has 0 aliphatic rings. The number of hydrogen-bond donors (Lipinski definition) is 2. The zero-order chi connectivity index (χ0) is 14.2. The van der Waals surface area contributed by atoms with Crippen molar-refractivity contribution in [2.45, 2.75) is 19.3 Å². The summed E-state index contributed by atoms with van der Waals surface area (Å²) in [5.74, 6) is 1.05. The molecule has 0 atom stereocenters. The van der Waals surface area contributed by atoms with Gasteiger partial charge in [0.2, 0.25) is 0 Å². The first-order chi connectivity index (χ1) is 9.83. The van der Waals surface area contributed by atoms with E-state index in [0.717, 1.165) is 43.9 Å². The van der Waals surface area contributed by atoms with Crippen LogP contribution in [0.3, 0.4) is 0 Å². The van der Waals surface area contributed by atoms with Gasteiger partial charge in [0.15, 0.2) is 0 Å². The van der Waals surface area contributed by atoms with Crippen molar-refractivity contribution in [1.29, 1.82) is 0 Å². The van der Waals surface area contributed by atoms with Gasteiger partial charge in [-0.25, -0.2) is 4.98 Å². The number of methoxy groups -OCH3 is 1. The second kappa shape index (κ2) is 7.82. The van der Waals surface area contributed by atoms with Crippen LogP contribution in [0.4, 0.5) is 0 Å². The molecular weight excluding hydrogens is 250 g/mol. The van der Waals surface area contributed by atoms with Crippen molar-refractivity contribution in [2.24, 2.45) is 0 Å². The Balaban J connectivity index is 1.97. The SMILES string of the molecule is CNCCCc1ncc(-c2ccc(CCOC)cc2)[nH]1. The first-order valence-electron chi connectivity index (χ1n) is 7.10. The monoisotopic (exact) mass is 273 g/mol. The van der Waals surface area contributed by atoms with E-state index in [4.69, 9.17) is 4.74 Å². The summed E-state index contributed by atoms with van der Waals surface area (Å²) < 4.78 is 5.09. The Labute approximate surface area is 120 Å². The Bertz CT molecular complexity index is 505. The highest BCUT2D eigenvalue weighted by molar-refractivity contribution is 5.58. The van der Waals surface area contributed by atoms with Crippen LogP contribution in [0.15, 0.2) is 30.5 Å². The number of aromatic nitrogens is 2. The number of aryl methyl sites for hydroxylation is 1. The van der Waals surface area contributed by atoms with Gasteiger partial charge >= 0.3 is 0 Å². The molecule has 20 heavy (non-hydrogen) atoms. The molecule has 1 heterocycles. The number of nitrogens with one attached hydrogen (secondary N) is 2. The Kier molecular flexibility index (Phi) is 5.77. The topological polar surface area (TPSA) is 49.9 Å². The molecule has 0 aliphatic carbocycles. The van der Waals surface area contributed by atoms with Crippen LogP contribution in [0.5, 0.6) is 0 Å². The van der Waals surface area contributed by atoms with E-state index < -0.39 is 0 Å². The van der Waals surface area contributed by atoms with E-state index in [0.29, 0.717) is 0 Å². The van der Waals surface area contributed by atoms with Crippen molar-refractivity contribution in [3.05, 3.63) is 41.9 Å². The lowest BCUT2D eigenvalue weighted by Gasteiger charge is -2.02. The van der Waals surface area contributed by atoms with Gasteiger partial charge in [-0.05, 0) is 37.6 Å². The summed E-state index contributed by atoms with van der Waals surface area (Å²) >= 11 is 0. The second-order valence-electron chi connectivity index (χ2n) is 4.89. The number of rotatable bonds is 8. The fourth-order valence-electron chi connectivity index (χ4n) is 2.14. The van der Waals surface area contributed by atoms with Crippen molar-refractivity contribution in [3.8, 4) is 11.3 Å².